The van der Waals surface area contributed by atoms with Gasteiger partial charge in [0.1, 0.15) is 6.17 Å². The number of anilines is 3. The lowest BCUT2D eigenvalue weighted by Crippen LogP contribution is -2.37. The van der Waals surface area contributed by atoms with E-state index in [9.17, 15) is 4.79 Å². The third-order valence-corrected chi connectivity index (χ3v) is 4.89. The van der Waals surface area contributed by atoms with E-state index < -0.39 is 0 Å². The molecule has 0 aliphatic carbocycles. The van der Waals surface area contributed by atoms with E-state index in [4.69, 9.17) is 0 Å². The van der Waals surface area contributed by atoms with E-state index in [1.807, 2.05) is 49.4 Å². The Bertz CT molecular complexity index is 766. The number of hydrogen-bond donors (Lipinski definition) is 3. The molecule has 3 N–H and O–H groups in total. The largest absolute Gasteiger partial charge is 0.363 e. The van der Waals surface area contributed by atoms with Crippen molar-refractivity contribution >= 4 is 23.0 Å². The van der Waals surface area contributed by atoms with Gasteiger partial charge < -0.3 is 16.0 Å². The molecule has 1 unspecified atom stereocenters. The lowest BCUT2D eigenvalue weighted by Gasteiger charge is -2.20. The van der Waals surface area contributed by atoms with Crippen molar-refractivity contribution in [1.29, 1.82) is 0 Å². The van der Waals surface area contributed by atoms with Crippen LogP contribution in [0.2, 0.25) is 0 Å². The Morgan fingerprint density at radius 3 is 2.56 bits per heavy atom. The maximum absolute atomic E-state index is 12.4. The fraction of sp³-hybridized carbons (Fsp3) is 0.350. The van der Waals surface area contributed by atoms with Crippen molar-refractivity contribution in [1.82, 2.24) is 4.90 Å². The van der Waals surface area contributed by atoms with E-state index in [1.165, 1.54) is 25.9 Å². The van der Waals surface area contributed by atoms with Crippen molar-refractivity contribution in [3.8, 4) is 0 Å². The number of likely N-dealkylation sites (tertiary alicyclic amines) is 1. The van der Waals surface area contributed by atoms with Crippen LogP contribution in [-0.4, -0.2) is 36.6 Å². The van der Waals surface area contributed by atoms with Crippen molar-refractivity contribution in [3.63, 3.8) is 0 Å². The molecule has 1 amide bonds. The SMILES string of the molecule is Cc1ccc(C(=O)Nc2ccc3c(c2)NC(CN2CCCC2)N3)cc1. The highest BCUT2D eigenvalue weighted by Crippen LogP contribution is 2.32. The first-order chi connectivity index (χ1) is 12.2. The number of nitrogens with one attached hydrogen (secondary N) is 3. The van der Waals surface area contributed by atoms with Gasteiger partial charge in [-0.3, -0.25) is 9.69 Å². The lowest BCUT2D eigenvalue weighted by atomic mass is 10.1. The molecule has 0 radical (unpaired) electrons. The zero-order valence-electron chi connectivity index (χ0n) is 14.5. The Kier molecular flexibility index (Phi) is 4.32. The van der Waals surface area contributed by atoms with Crippen LogP contribution in [-0.2, 0) is 0 Å². The lowest BCUT2D eigenvalue weighted by molar-refractivity contribution is 0.102. The Balaban J connectivity index is 1.40. The van der Waals surface area contributed by atoms with E-state index in [2.05, 4.69) is 20.9 Å². The molecule has 2 aromatic carbocycles. The molecule has 1 atom stereocenters. The average molecular weight is 336 g/mol. The number of carbonyl (C=O) groups is 1. The molecule has 2 aromatic rings. The van der Waals surface area contributed by atoms with Crippen molar-refractivity contribution in [2.75, 3.05) is 35.6 Å². The third kappa shape index (κ3) is 3.61. The predicted octanol–water partition coefficient (Wildman–Crippen LogP) is 3.51. The summed E-state index contributed by atoms with van der Waals surface area (Å²) in [6, 6.07) is 13.6. The van der Waals surface area contributed by atoms with Crippen LogP contribution >= 0.6 is 0 Å². The molecule has 0 bridgehead atoms. The third-order valence-electron chi connectivity index (χ3n) is 4.89. The summed E-state index contributed by atoms with van der Waals surface area (Å²) in [7, 11) is 0. The minimum atomic E-state index is -0.0838. The summed E-state index contributed by atoms with van der Waals surface area (Å²) in [5, 5.41) is 10.0. The summed E-state index contributed by atoms with van der Waals surface area (Å²) in [5.74, 6) is -0.0838. The maximum Gasteiger partial charge on any atom is 0.255 e. The number of nitrogens with zero attached hydrogens (tertiary/aromatic N) is 1. The van der Waals surface area contributed by atoms with E-state index >= 15 is 0 Å². The van der Waals surface area contributed by atoms with Gasteiger partial charge in [-0.05, 0) is 63.2 Å². The molecule has 2 aliphatic heterocycles. The molecule has 1 saturated heterocycles. The van der Waals surface area contributed by atoms with Gasteiger partial charge in [0.25, 0.3) is 5.91 Å². The van der Waals surface area contributed by atoms with Gasteiger partial charge in [-0.1, -0.05) is 17.7 Å². The van der Waals surface area contributed by atoms with Gasteiger partial charge in [0.2, 0.25) is 0 Å². The van der Waals surface area contributed by atoms with Crippen LogP contribution in [0.1, 0.15) is 28.8 Å². The van der Waals surface area contributed by atoms with Crippen LogP contribution in [0.5, 0.6) is 0 Å². The van der Waals surface area contributed by atoms with E-state index in [-0.39, 0.29) is 12.1 Å². The zero-order valence-corrected chi connectivity index (χ0v) is 14.5. The summed E-state index contributed by atoms with van der Waals surface area (Å²) in [4.78, 5) is 14.8. The standard InChI is InChI=1S/C20H24N4O/c1-14-4-6-15(7-5-14)20(25)21-16-8-9-17-18(12-16)23-19(22-17)13-24-10-2-3-11-24/h4-9,12,19,22-23H,2-3,10-11,13H2,1H3,(H,21,25). The van der Waals surface area contributed by atoms with Crippen LogP contribution in [0.25, 0.3) is 0 Å². The molecule has 0 aromatic heterocycles. The first-order valence-corrected chi connectivity index (χ1v) is 8.95. The summed E-state index contributed by atoms with van der Waals surface area (Å²) in [5.41, 5.74) is 4.77. The topological polar surface area (TPSA) is 56.4 Å². The predicted molar refractivity (Wildman–Crippen MR) is 102 cm³/mol. The minimum Gasteiger partial charge on any atom is -0.363 e. The fourth-order valence-corrected chi connectivity index (χ4v) is 3.50. The summed E-state index contributed by atoms with van der Waals surface area (Å²) < 4.78 is 0. The Labute approximate surface area is 148 Å². The Morgan fingerprint density at radius 1 is 1.08 bits per heavy atom. The van der Waals surface area contributed by atoms with E-state index in [1.54, 1.807) is 0 Å². The molecule has 0 spiro atoms. The van der Waals surface area contributed by atoms with E-state index in [0.717, 1.165) is 29.2 Å². The fourth-order valence-electron chi connectivity index (χ4n) is 3.50. The molecular weight excluding hydrogens is 312 g/mol. The number of amides is 1. The number of carbonyl (C=O) groups excluding carboxylic acids is 1. The Morgan fingerprint density at radius 2 is 1.80 bits per heavy atom. The van der Waals surface area contributed by atoms with Gasteiger partial charge >= 0.3 is 0 Å². The second-order valence-electron chi connectivity index (χ2n) is 6.93. The molecule has 1 fully saturated rings. The van der Waals surface area contributed by atoms with Gasteiger partial charge in [-0.2, -0.15) is 0 Å². The number of aryl methyl sites for hydroxylation is 1. The van der Waals surface area contributed by atoms with Gasteiger partial charge in [0.15, 0.2) is 0 Å². The normalized spacial score (nSPS) is 19.2. The molecule has 2 heterocycles. The molecule has 5 nitrogen and oxygen atoms in total. The van der Waals surface area contributed by atoms with Gasteiger partial charge in [-0.15, -0.1) is 0 Å². The average Bonchev–Trinajstić information content (AvgIpc) is 3.24. The minimum absolute atomic E-state index is 0.0838. The number of fused-ring (bicyclic) bond motifs is 1. The van der Waals surface area contributed by atoms with Crippen LogP contribution < -0.4 is 16.0 Å². The van der Waals surface area contributed by atoms with Crippen molar-refractivity contribution in [3.05, 3.63) is 53.6 Å². The van der Waals surface area contributed by atoms with E-state index in [0.29, 0.717) is 5.56 Å². The molecule has 130 valence electrons. The molecule has 4 rings (SSSR count). The highest BCUT2D eigenvalue weighted by atomic mass is 16.1. The van der Waals surface area contributed by atoms with Gasteiger partial charge in [0, 0.05) is 17.8 Å². The van der Waals surface area contributed by atoms with Crippen LogP contribution in [0.4, 0.5) is 17.1 Å². The quantitative estimate of drug-likeness (QED) is 0.800. The molecular formula is C20H24N4O. The second kappa shape index (κ2) is 6.76. The van der Waals surface area contributed by atoms with Gasteiger partial charge in [0.05, 0.1) is 11.4 Å². The summed E-state index contributed by atoms with van der Waals surface area (Å²) >= 11 is 0. The highest BCUT2D eigenvalue weighted by Gasteiger charge is 2.23. The Hall–Kier alpha value is -2.53. The molecule has 5 heteroatoms. The maximum atomic E-state index is 12.4. The molecule has 0 saturated carbocycles. The first-order valence-electron chi connectivity index (χ1n) is 8.95. The van der Waals surface area contributed by atoms with Crippen LogP contribution in [0.3, 0.4) is 0 Å². The number of benzene rings is 2. The zero-order chi connectivity index (χ0) is 17.2. The highest BCUT2D eigenvalue weighted by molar-refractivity contribution is 6.04. The van der Waals surface area contributed by atoms with Crippen molar-refractivity contribution < 1.29 is 4.79 Å². The van der Waals surface area contributed by atoms with Crippen LogP contribution in [0.15, 0.2) is 42.5 Å². The van der Waals surface area contributed by atoms with Gasteiger partial charge in [-0.25, -0.2) is 0 Å². The molecule has 2 aliphatic rings. The van der Waals surface area contributed by atoms with Crippen LogP contribution in [0, 0.1) is 6.92 Å². The number of rotatable bonds is 4. The van der Waals surface area contributed by atoms with Crippen molar-refractivity contribution in [2.24, 2.45) is 0 Å². The first kappa shape index (κ1) is 16.0. The number of hydrogen-bond acceptors (Lipinski definition) is 4. The summed E-state index contributed by atoms with van der Waals surface area (Å²) in [6.07, 6.45) is 2.83. The monoisotopic (exact) mass is 336 g/mol. The smallest absolute Gasteiger partial charge is 0.255 e. The molecule has 25 heavy (non-hydrogen) atoms. The van der Waals surface area contributed by atoms with Crippen molar-refractivity contribution in [2.45, 2.75) is 25.9 Å². The second-order valence-corrected chi connectivity index (χ2v) is 6.93. The summed E-state index contributed by atoms with van der Waals surface area (Å²) in [6.45, 7) is 5.39.